The third kappa shape index (κ3) is 3.69. The van der Waals surface area contributed by atoms with Crippen molar-refractivity contribution in [3.8, 4) is 0 Å². The molecule has 19 heavy (non-hydrogen) atoms. The number of nitrogens with zero attached hydrogens (tertiary/aromatic N) is 1. The van der Waals surface area contributed by atoms with Gasteiger partial charge in [-0.2, -0.15) is 0 Å². The number of aromatic nitrogens is 1. The van der Waals surface area contributed by atoms with E-state index < -0.39 is 5.97 Å². The lowest BCUT2D eigenvalue weighted by molar-refractivity contribution is 0.0695. The van der Waals surface area contributed by atoms with E-state index in [-0.39, 0.29) is 11.1 Å². The van der Waals surface area contributed by atoms with E-state index in [0.29, 0.717) is 12.5 Å². The summed E-state index contributed by atoms with van der Waals surface area (Å²) in [4.78, 5) is 22.6. The van der Waals surface area contributed by atoms with Crippen LogP contribution in [0.25, 0.3) is 0 Å². The Labute approximate surface area is 113 Å². The van der Waals surface area contributed by atoms with Gasteiger partial charge in [0.25, 0.3) is 5.56 Å². The molecule has 1 aromatic heterocycles. The van der Waals surface area contributed by atoms with Crippen molar-refractivity contribution in [3.05, 3.63) is 34.2 Å². The molecule has 0 radical (unpaired) electrons. The average molecular weight is 263 g/mol. The molecular weight excluding hydrogens is 242 g/mol. The van der Waals surface area contributed by atoms with Gasteiger partial charge < -0.3 is 9.67 Å². The molecule has 1 aliphatic rings. The lowest BCUT2D eigenvalue weighted by atomic mass is 9.81. The number of rotatable bonds is 4. The standard InChI is InChI=1S/C15H21NO3/c1-11-2-4-12(5-3-11)8-9-16-10-13(15(18)19)6-7-14(16)17/h6-7,10-12H,2-5,8-9H2,1H3,(H,18,19). The van der Waals surface area contributed by atoms with Crippen LogP contribution in [0.3, 0.4) is 0 Å². The third-order valence-electron chi connectivity index (χ3n) is 4.14. The first-order valence-corrected chi connectivity index (χ1v) is 7.00. The second kappa shape index (κ2) is 6.04. The topological polar surface area (TPSA) is 59.3 Å². The highest BCUT2D eigenvalue weighted by atomic mass is 16.4. The van der Waals surface area contributed by atoms with Crippen molar-refractivity contribution in [2.24, 2.45) is 11.8 Å². The summed E-state index contributed by atoms with van der Waals surface area (Å²) in [5.41, 5.74) is 0.0612. The van der Waals surface area contributed by atoms with Gasteiger partial charge in [0, 0.05) is 18.8 Å². The zero-order chi connectivity index (χ0) is 13.8. The van der Waals surface area contributed by atoms with Crippen molar-refractivity contribution in [2.75, 3.05) is 0 Å². The Balaban J connectivity index is 1.97. The number of carboxylic acid groups (broad SMARTS) is 1. The SMILES string of the molecule is CC1CCC(CCn2cc(C(=O)O)ccc2=O)CC1. The average Bonchev–Trinajstić information content (AvgIpc) is 2.39. The van der Waals surface area contributed by atoms with Gasteiger partial charge in [-0.15, -0.1) is 0 Å². The summed E-state index contributed by atoms with van der Waals surface area (Å²) in [6.45, 7) is 2.91. The van der Waals surface area contributed by atoms with Crippen LogP contribution in [-0.4, -0.2) is 15.6 Å². The minimum absolute atomic E-state index is 0.117. The molecule has 0 aliphatic heterocycles. The Hall–Kier alpha value is -1.58. The number of hydrogen-bond acceptors (Lipinski definition) is 2. The van der Waals surface area contributed by atoms with E-state index in [0.717, 1.165) is 12.3 Å². The molecule has 1 N–H and O–H groups in total. The molecule has 4 nitrogen and oxygen atoms in total. The molecule has 0 unspecified atom stereocenters. The summed E-state index contributed by atoms with van der Waals surface area (Å²) in [6, 6.07) is 2.70. The monoisotopic (exact) mass is 263 g/mol. The van der Waals surface area contributed by atoms with E-state index in [1.54, 1.807) is 0 Å². The summed E-state index contributed by atoms with van der Waals surface area (Å²) < 4.78 is 1.53. The van der Waals surface area contributed by atoms with Crippen LogP contribution >= 0.6 is 0 Å². The van der Waals surface area contributed by atoms with Gasteiger partial charge in [0.2, 0.25) is 0 Å². The van der Waals surface area contributed by atoms with Crippen LogP contribution in [0.1, 0.15) is 49.4 Å². The van der Waals surface area contributed by atoms with Crippen molar-refractivity contribution in [1.29, 1.82) is 0 Å². The maximum absolute atomic E-state index is 11.7. The van der Waals surface area contributed by atoms with Crippen LogP contribution < -0.4 is 5.56 Å². The Morgan fingerprint density at radius 1 is 1.32 bits per heavy atom. The molecule has 1 heterocycles. The Morgan fingerprint density at radius 3 is 2.63 bits per heavy atom. The molecule has 0 spiro atoms. The molecule has 1 aromatic rings. The molecule has 104 valence electrons. The molecule has 0 saturated heterocycles. The van der Waals surface area contributed by atoms with E-state index >= 15 is 0 Å². The molecule has 0 amide bonds. The van der Waals surface area contributed by atoms with Crippen molar-refractivity contribution in [3.63, 3.8) is 0 Å². The van der Waals surface area contributed by atoms with Gasteiger partial charge >= 0.3 is 5.97 Å². The van der Waals surface area contributed by atoms with E-state index in [9.17, 15) is 9.59 Å². The van der Waals surface area contributed by atoms with Crippen molar-refractivity contribution in [1.82, 2.24) is 4.57 Å². The first kappa shape index (κ1) is 13.8. The van der Waals surface area contributed by atoms with Crippen LogP contribution in [0.4, 0.5) is 0 Å². The summed E-state index contributed by atoms with van der Waals surface area (Å²) in [7, 11) is 0. The van der Waals surface area contributed by atoms with E-state index in [4.69, 9.17) is 5.11 Å². The van der Waals surface area contributed by atoms with Gasteiger partial charge in [-0.3, -0.25) is 4.79 Å². The van der Waals surface area contributed by atoms with Crippen LogP contribution in [0.5, 0.6) is 0 Å². The van der Waals surface area contributed by atoms with Gasteiger partial charge in [0.1, 0.15) is 0 Å². The van der Waals surface area contributed by atoms with E-state index in [1.165, 1.54) is 48.6 Å². The number of aryl methyl sites for hydroxylation is 1. The Bertz CT molecular complexity index is 498. The van der Waals surface area contributed by atoms with Gasteiger partial charge in [-0.1, -0.05) is 32.6 Å². The number of aromatic carboxylic acids is 1. The highest BCUT2D eigenvalue weighted by Crippen LogP contribution is 2.30. The normalized spacial score (nSPS) is 23.2. The quantitative estimate of drug-likeness (QED) is 0.908. The number of carboxylic acids is 1. The minimum Gasteiger partial charge on any atom is -0.478 e. The van der Waals surface area contributed by atoms with Crippen LogP contribution in [0.2, 0.25) is 0 Å². The van der Waals surface area contributed by atoms with E-state index in [1.807, 2.05) is 0 Å². The van der Waals surface area contributed by atoms with E-state index in [2.05, 4.69) is 6.92 Å². The zero-order valence-corrected chi connectivity index (χ0v) is 11.3. The molecule has 0 aromatic carbocycles. The molecule has 0 bridgehead atoms. The fourth-order valence-electron chi connectivity index (χ4n) is 2.77. The molecule has 2 rings (SSSR count). The van der Waals surface area contributed by atoms with Crippen molar-refractivity contribution >= 4 is 5.97 Å². The molecule has 1 aliphatic carbocycles. The Morgan fingerprint density at radius 2 is 2.00 bits per heavy atom. The second-order valence-electron chi connectivity index (χ2n) is 5.67. The lowest BCUT2D eigenvalue weighted by Crippen LogP contribution is -2.22. The largest absolute Gasteiger partial charge is 0.478 e. The van der Waals surface area contributed by atoms with Crippen LogP contribution in [0, 0.1) is 11.8 Å². The first-order chi connectivity index (χ1) is 9.06. The van der Waals surface area contributed by atoms with Crippen molar-refractivity contribution in [2.45, 2.75) is 45.6 Å². The summed E-state index contributed by atoms with van der Waals surface area (Å²) >= 11 is 0. The maximum Gasteiger partial charge on any atom is 0.337 e. The molecule has 0 atom stereocenters. The Kier molecular flexibility index (Phi) is 4.40. The molecule has 4 heteroatoms. The zero-order valence-electron chi connectivity index (χ0n) is 11.3. The van der Waals surface area contributed by atoms with Crippen LogP contribution in [0.15, 0.2) is 23.1 Å². The number of carbonyl (C=O) groups is 1. The first-order valence-electron chi connectivity index (χ1n) is 7.00. The fourth-order valence-corrected chi connectivity index (χ4v) is 2.77. The van der Waals surface area contributed by atoms with Gasteiger partial charge in [0.05, 0.1) is 5.56 Å². The highest BCUT2D eigenvalue weighted by molar-refractivity contribution is 5.87. The maximum atomic E-state index is 11.7. The predicted octanol–water partition coefficient (Wildman–Crippen LogP) is 2.76. The smallest absolute Gasteiger partial charge is 0.337 e. The highest BCUT2D eigenvalue weighted by Gasteiger charge is 2.18. The predicted molar refractivity (Wildman–Crippen MR) is 73.4 cm³/mol. The van der Waals surface area contributed by atoms with Gasteiger partial charge in [0.15, 0.2) is 0 Å². The number of hydrogen-bond donors (Lipinski definition) is 1. The van der Waals surface area contributed by atoms with Gasteiger partial charge in [-0.25, -0.2) is 4.79 Å². The summed E-state index contributed by atoms with van der Waals surface area (Å²) in [5.74, 6) is 0.520. The van der Waals surface area contributed by atoms with Crippen LogP contribution in [-0.2, 0) is 6.54 Å². The molecule has 1 saturated carbocycles. The molecular formula is C15H21NO3. The molecule has 1 fully saturated rings. The van der Waals surface area contributed by atoms with Crippen molar-refractivity contribution < 1.29 is 9.90 Å². The lowest BCUT2D eigenvalue weighted by Gasteiger charge is -2.26. The second-order valence-corrected chi connectivity index (χ2v) is 5.67. The minimum atomic E-state index is -0.986. The van der Waals surface area contributed by atoms with Gasteiger partial charge in [-0.05, 0) is 24.3 Å². The summed E-state index contributed by atoms with van der Waals surface area (Å²) in [6.07, 6.45) is 7.43. The fraction of sp³-hybridized carbons (Fsp3) is 0.600. The number of pyridine rings is 1. The summed E-state index contributed by atoms with van der Waals surface area (Å²) in [5, 5.41) is 8.93. The third-order valence-corrected chi connectivity index (χ3v) is 4.14.